The predicted molar refractivity (Wildman–Crippen MR) is 136 cm³/mol. The Bertz CT molecular complexity index is 1610. The molecule has 0 amide bonds. The van der Waals surface area contributed by atoms with Crippen LogP contribution in [0.25, 0.3) is 22.3 Å². The van der Waals surface area contributed by atoms with Crippen molar-refractivity contribution in [3.63, 3.8) is 0 Å². The fraction of sp³-hybridized carbons (Fsp3) is 0.179. The summed E-state index contributed by atoms with van der Waals surface area (Å²) in [6.45, 7) is 0.410. The number of aromatic amines is 1. The van der Waals surface area contributed by atoms with Crippen molar-refractivity contribution in [1.82, 2.24) is 25.5 Å². The predicted octanol–water partition coefficient (Wildman–Crippen LogP) is 6.18. The highest BCUT2D eigenvalue weighted by Crippen LogP contribution is 2.37. The lowest BCUT2D eigenvalue weighted by Crippen LogP contribution is -2.38. The molecule has 0 saturated heterocycles. The van der Waals surface area contributed by atoms with Crippen molar-refractivity contribution in [1.29, 1.82) is 0 Å². The molecule has 0 fully saturated rings. The van der Waals surface area contributed by atoms with Gasteiger partial charge in [-0.25, -0.2) is 14.4 Å². The zero-order chi connectivity index (χ0) is 26.3. The zero-order valence-electron chi connectivity index (χ0n) is 20.0. The van der Waals surface area contributed by atoms with Crippen molar-refractivity contribution in [2.45, 2.75) is 31.6 Å². The van der Waals surface area contributed by atoms with Gasteiger partial charge in [0.05, 0.1) is 16.8 Å². The van der Waals surface area contributed by atoms with Gasteiger partial charge in [-0.05, 0) is 36.2 Å². The Morgan fingerprint density at radius 3 is 2.53 bits per heavy atom. The summed E-state index contributed by atoms with van der Waals surface area (Å²) < 4.78 is 55.6. The number of halogens is 4. The van der Waals surface area contributed by atoms with Crippen LogP contribution in [-0.4, -0.2) is 26.2 Å². The maximum absolute atomic E-state index is 14.0. The van der Waals surface area contributed by atoms with E-state index in [0.29, 0.717) is 41.2 Å². The van der Waals surface area contributed by atoms with E-state index in [1.54, 1.807) is 6.07 Å². The van der Waals surface area contributed by atoms with Gasteiger partial charge >= 0.3 is 6.18 Å². The van der Waals surface area contributed by atoms with Crippen LogP contribution < -0.4 is 10.6 Å². The number of aromatic nitrogens is 4. The van der Waals surface area contributed by atoms with E-state index >= 15 is 0 Å². The summed E-state index contributed by atoms with van der Waals surface area (Å²) in [5, 5.41) is 14.2. The minimum absolute atomic E-state index is 0.0365. The molecule has 6 rings (SSSR count). The van der Waals surface area contributed by atoms with Crippen molar-refractivity contribution < 1.29 is 17.6 Å². The fourth-order valence-corrected chi connectivity index (χ4v) is 4.82. The summed E-state index contributed by atoms with van der Waals surface area (Å²) in [5.74, 6) is 0.176. The molecule has 0 spiro atoms. The van der Waals surface area contributed by atoms with E-state index in [2.05, 4.69) is 30.8 Å². The molecule has 38 heavy (non-hydrogen) atoms. The highest BCUT2D eigenvalue weighted by molar-refractivity contribution is 5.91. The van der Waals surface area contributed by atoms with E-state index in [-0.39, 0.29) is 17.4 Å². The van der Waals surface area contributed by atoms with Gasteiger partial charge in [0.1, 0.15) is 11.6 Å². The van der Waals surface area contributed by atoms with E-state index in [4.69, 9.17) is 0 Å². The Hall–Kier alpha value is -4.31. The first-order valence-electron chi connectivity index (χ1n) is 12.1. The summed E-state index contributed by atoms with van der Waals surface area (Å²) in [7, 11) is 0. The highest BCUT2D eigenvalue weighted by Gasteiger charge is 2.35. The van der Waals surface area contributed by atoms with Crippen LogP contribution in [0.15, 0.2) is 72.8 Å². The second-order valence-electron chi connectivity index (χ2n) is 9.22. The Kier molecular flexibility index (Phi) is 6.03. The molecule has 5 aromatic rings. The van der Waals surface area contributed by atoms with Crippen LogP contribution in [0.4, 0.5) is 29.2 Å². The summed E-state index contributed by atoms with van der Waals surface area (Å²) in [6, 6.07) is 19.5. The monoisotopic (exact) mass is 518 g/mol. The lowest BCUT2D eigenvalue weighted by molar-refractivity contribution is -0.137. The van der Waals surface area contributed by atoms with Gasteiger partial charge in [0.15, 0.2) is 11.6 Å². The van der Waals surface area contributed by atoms with Gasteiger partial charge in [0.25, 0.3) is 0 Å². The SMILES string of the molecule is Fc1ccc2[nH]nc(Nc3nc(-c4ccccc4C(F)(F)F)nc4c3CNC(Cc3ccccc3)C4)c2c1. The first-order valence-corrected chi connectivity index (χ1v) is 12.1. The van der Waals surface area contributed by atoms with Crippen molar-refractivity contribution in [2.75, 3.05) is 5.32 Å². The fourth-order valence-electron chi connectivity index (χ4n) is 4.82. The maximum Gasteiger partial charge on any atom is 0.417 e. The van der Waals surface area contributed by atoms with Crippen molar-refractivity contribution in [2.24, 2.45) is 0 Å². The maximum atomic E-state index is 14.0. The molecule has 3 heterocycles. The molecule has 0 radical (unpaired) electrons. The molecule has 1 unspecified atom stereocenters. The van der Waals surface area contributed by atoms with Crippen LogP contribution >= 0.6 is 0 Å². The normalized spacial score (nSPS) is 15.4. The lowest BCUT2D eigenvalue weighted by atomic mass is 9.95. The molecule has 1 aliphatic rings. The molecule has 0 saturated carbocycles. The summed E-state index contributed by atoms with van der Waals surface area (Å²) in [5.41, 5.74) is 2.22. The standard InChI is InChI=1S/C28H22F4N6/c29-17-10-11-23-20(13-17)27(38-37-23)36-26-21-15-33-18(12-16-6-2-1-3-7-16)14-24(21)34-25(35-26)19-8-4-5-9-22(19)28(30,31)32/h1-11,13,18,33H,12,14-15H2,(H2,34,35,36,37,38). The molecular formula is C28H22F4N6. The van der Waals surface area contributed by atoms with Gasteiger partial charge in [0.2, 0.25) is 0 Å². The van der Waals surface area contributed by atoms with Crippen LogP contribution in [0.2, 0.25) is 0 Å². The molecule has 1 aliphatic heterocycles. The lowest BCUT2D eigenvalue weighted by Gasteiger charge is -2.27. The topological polar surface area (TPSA) is 78.5 Å². The van der Waals surface area contributed by atoms with E-state index < -0.39 is 17.6 Å². The number of benzene rings is 3. The molecule has 3 aromatic carbocycles. The van der Waals surface area contributed by atoms with Crippen molar-refractivity contribution in [3.05, 3.63) is 101 Å². The largest absolute Gasteiger partial charge is 0.417 e. The number of alkyl halides is 3. The minimum atomic E-state index is -4.57. The number of anilines is 2. The number of nitrogens with one attached hydrogen (secondary N) is 3. The molecule has 192 valence electrons. The molecule has 0 aliphatic carbocycles. The number of hydrogen-bond acceptors (Lipinski definition) is 5. The molecule has 3 N–H and O–H groups in total. The van der Waals surface area contributed by atoms with Gasteiger partial charge in [0, 0.05) is 35.5 Å². The Morgan fingerprint density at radius 2 is 1.71 bits per heavy atom. The first kappa shape index (κ1) is 24.1. The molecule has 6 nitrogen and oxygen atoms in total. The summed E-state index contributed by atoms with van der Waals surface area (Å²) in [4.78, 5) is 9.17. The minimum Gasteiger partial charge on any atom is -0.323 e. The second kappa shape index (κ2) is 9.53. The van der Waals surface area contributed by atoms with Crippen LogP contribution in [0.5, 0.6) is 0 Å². The molecule has 10 heteroatoms. The number of rotatable bonds is 5. The van der Waals surface area contributed by atoms with Gasteiger partial charge in [-0.15, -0.1) is 0 Å². The van der Waals surface area contributed by atoms with E-state index in [1.165, 1.54) is 30.3 Å². The number of hydrogen-bond donors (Lipinski definition) is 3. The van der Waals surface area contributed by atoms with Crippen LogP contribution in [0, 0.1) is 5.82 Å². The van der Waals surface area contributed by atoms with E-state index in [9.17, 15) is 17.6 Å². The number of nitrogens with zero attached hydrogens (tertiary/aromatic N) is 3. The third-order valence-corrected chi connectivity index (χ3v) is 6.66. The molecule has 0 bridgehead atoms. The first-order chi connectivity index (χ1) is 18.3. The van der Waals surface area contributed by atoms with E-state index in [1.807, 2.05) is 30.3 Å². The van der Waals surface area contributed by atoms with Gasteiger partial charge < -0.3 is 10.6 Å². The molecular weight excluding hydrogens is 496 g/mol. The van der Waals surface area contributed by atoms with Gasteiger partial charge in [-0.2, -0.15) is 18.3 Å². The third kappa shape index (κ3) is 4.70. The summed E-state index contributed by atoms with van der Waals surface area (Å²) in [6.07, 6.45) is -3.33. The Morgan fingerprint density at radius 1 is 0.921 bits per heavy atom. The van der Waals surface area contributed by atoms with Gasteiger partial charge in [-0.3, -0.25) is 5.10 Å². The smallest absolute Gasteiger partial charge is 0.323 e. The highest BCUT2D eigenvalue weighted by atomic mass is 19.4. The van der Waals surface area contributed by atoms with Crippen LogP contribution in [0.3, 0.4) is 0 Å². The average molecular weight is 519 g/mol. The van der Waals surface area contributed by atoms with Crippen molar-refractivity contribution >= 4 is 22.5 Å². The molecule has 1 atom stereocenters. The summed E-state index contributed by atoms with van der Waals surface area (Å²) >= 11 is 0. The molecule has 2 aromatic heterocycles. The third-order valence-electron chi connectivity index (χ3n) is 6.66. The Balaban J connectivity index is 1.44. The number of H-pyrrole nitrogens is 1. The quantitative estimate of drug-likeness (QED) is 0.242. The average Bonchev–Trinajstić information content (AvgIpc) is 3.30. The van der Waals surface area contributed by atoms with Crippen LogP contribution in [-0.2, 0) is 25.6 Å². The van der Waals surface area contributed by atoms with E-state index in [0.717, 1.165) is 23.6 Å². The number of fused-ring (bicyclic) bond motifs is 2. The second-order valence-corrected chi connectivity index (χ2v) is 9.22. The van der Waals surface area contributed by atoms with Crippen molar-refractivity contribution in [3.8, 4) is 11.4 Å². The van der Waals surface area contributed by atoms with Gasteiger partial charge in [-0.1, -0.05) is 48.5 Å². The zero-order valence-corrected chi connectivity index (χ0v) is 20.0. The van der Waals surface area contributed by atoms with Crippen LogP contribution in [0.1, 0.15) is 22.4 Å². The Labute approximate surface area is 215 Å².